The van der Waals surface area contributed by atoms with E-state index in [1.165, 1.54) is 30.0 Å². The molecular weight excluding hydrogens is 611 g/mol. The molecule has 2 saturated heterocycles. The number of nitrogens with zero attached hydrogens (tertiary/aromatic N) is 3. The number of rotatable bonds is 8. The molecule has 9 nitrogen and oxygen atoms in total. The zero-order chi connectivity index (χ0) is 32.2. The van der Waals surface area contributed by atoms with Crippen LogP contribution in [0.5, 0.6) is 0 Å². The van der Waals surface area contributed by atoms with E-state index in [2.05, 4.69) is 16.0 Å². The van der Waals surface area contributed by atoms with Crippen LogP contribution in [0.25, 0.3) is 0 Å². The molecule has 2 fully saturated rings. The summed E-state index contributed by atoms with van der Waals surface area (Å²) in [5, 5.41) is 8.50. The van der Waals surface area contributed by atoms with Crippen molar-refractivity contribution in [2.75, 3.05) is 56.0 Å². The number of carbonyl (C=O) groups excluding carboxylic acids is 3. The molecule has 15 heteroatoms. The molecule has 0 unspecified atom stereocenters. The second-order valence-corrected chi connectivity index (χ2v) is 11.3. The predicted molar refractivity (Wildman–Crippen MR) is 156 cm³/mol. The van der Waals surface area contributed by atoms with Crippen LogP contribution in [0.2, 0.25) is 5.02 Å². The lowest BCUT2D eigenvalue weighted by Crippen LogP contribution is -2.59. The number of benzene rings is 2. The third kappa shape index (κ3) is 8.16. The summed E-state index contributed by atoms with van der Waals surface area (Å²) < 4.78 is 68.2. The molecule has 4 rings (SSSR count). The van der Waals surface area contributed by atoms with Crippen LogP contribution in [0, 0.1) is 11.6 Å². The summed E-state index contributed by atoms with van der Waals surface area (Å²) in [6.07, 6.45) is -5.17. The van der Waals surface area contributed by atoms with Gasteiger partial charge in [0.2, 0.25) is 11.8 Å². The molecule has 0 radical (unpaired) electrons. The van der Waals surface area contributed by atoms with Crippen LogP contribution in [0.4, 0.5) is 33.3 Å². The Morgan fingerprint density at radius 3 is 2.50 bits per heavy atom. The van der Waals surface area contributed by atoms with E-state index < -0.39 is 47.7 Å². The Kier molecular flexibility index (Phi) is 10.7. The van der Waals surface area contributed by atoms with Gasteiger partial charge in [-0.25, -0.2) is 8.78 Å². The van der Waals surface area contributed by atoms with Crippen LogP contribution >= 0.6 is 11.6 Å². The number of carbonyl (C=O) groups is 3. The fourth-order valence-electron chi connectivity index (χ4n) is 5.43. The van der Waals surface area contributed by atoms with Crippen LogP contribution < -0.4 is 20.9 Å². The summed E-state index contributed by atoms with van der Waals surface area (Å²) in [7, 11) is 0. The Morgan fingerprint density at radius 1 is 1.07 bits per heavy atom. The molecule has 2 aliphatic heterocycles. The Labute approximate surface area is 256 Å². The summed E-state index contributed by atoms with van der Waals surface area (Å²) in [5.74, 6) is -4.44. The van der Waals surface area contributed by atoms with Crippen molar-refractivity contribution in [1.82, 2.24) is 20.4 Å². The smallest absolute Gasteiger partial charge is 0.365 e. The lowest BCUT2D eigenvalue weighted by atomic mass is 10.1. The maximum atomic E-state index is 15.1. The number of piperazine rings is 2. The van der Waals surface area contributed by atoms with E-state index >= 15 is 8.78 Å². The van der Waals surface area contributed by atoms with Gasteiger partial charge in [0.15, 0.2) is 11.6 Å². The first kappa shape index (κ1) is 33.4. The van der Waals surface area contributed by atoms with Gasteiger partial charge in [0, 0.05) is 75.9 Å². The lowest BCUT2D eigenvalue weighted by Gasteiger charge is -2.42. The molecule has 2 aromatic rings. The summed E-state index contributed by atoms with van der Waals surface area (Å²) in [6, 6.07) is 5.90. The Hall–Kier alpha value is -3.49. The van der Waals surface area contributed by atoms with E-state index in [1.807, 2.05) is 11.8 Å². The first-order valence-corrected chi connectivity index (χ1v) is 14.5. The molecule has 240 valence electrons. The minimum Gasteiger partial charge on any atom is -0.365 e. The quantitative estimate of drug-likeness (QED) is 0.379. The number of hydrogen-bond donors (Lipinski definition) is 3. The average Bonchev–Trinajstić information content (AvgIpc) is 2.97. The largest absolute Gasteiger partial charge is 0.390 e. The van der Waals surface area contributed by atoms with E-state index in [0.29, 0.717) is 43.4 Å². The highest BCUT2D eigenvalue weighted by Crippen LogP contribution is 2.33. The van der Waals surface area contributed by atoms with Gasteiger partial charge in [-0.3, -0.25) is 19.3 Å². The monoisotopic (exact) mass is 644 g/mol. The summed E-state index contributed by atoms with van der Waals surface area (Å²) in [6.45, 7) is 4.84. The summed E-state index contributed by atoms with van der Waals surface area (Å²) >= 11 is 6.22. The highest BCUT2D eigenvalue weighted by molar-refractivity contribution is 6.31. The second kappa shape index (κ2) is 14.1. The topological polar surface area (TPSA) is 97.0 Å². The molecule has 2 aliphatic rings. The SMILES string of the molecule is CC(=O)N1CCNC[C@@H]1C(=O)NCc1ccc(C(=O)Nc2ccc(Cl)cc2N2CCN(CCC(F)(F)F)C[C@H]2C)c(F)c1F. The molecular formula is C29H34ClF5N6O3. The lowest BCUT2D eigenvalue weighted by molar-refractivity contribution is -0.140. The molecule has 0 aliphatic carbocycles. The van der Waals surface area contributed by atoms with E-state index in [0.717, 1.165) is 6.07 Å². The van der Waals surface area contributed by atoms with Crippen molar-refractivity contribution in [3.63, 3.8) is 0 Å². The fraction of sp³-hybridized carbons (Fsp3) is 0.483. The number of anilines is 2. The predicted octanol–water partition coefficient (Wildman–Crippen LogP) is 3.77. The molecule has 0 aromatic heterocycles. The molecule has 2 heterocycles. The van der Waals surface area contributed by atoms with Crippen molar-refractivity contribution < 1.29 is 36.3 Å². The number of halogens is 6. The first-order chi connectivity index (χ1) is 20.7. The van der Waals surface area contributed by atoms with Gasteiger partial charge >= 0.3 is 6.18 Å². The highest BCUT2D eigenvalue weighted by Gasteiger charge is 2.32. The van der Waals surface area contributed by atoms with Crippen LogP contribution in [0.1, 0.15) is 36.2 Å². The number of nitrogens with one attached hydrogen (secondary N) is 3. The van der Waals surface area contributed by atoms with Crippen molar-refractivity contribution in [3.8, 4) is 0 Å². The van der Waals surface area contributed by atoms with Gasteiger partial charge in [-0.05, 0) is 31.2 Å². The molecule has 0 spiro atoms. The maximum absolute atomic E-state index is 15.1. The summed E-state index contributed by atoms with van der Waals surface area (Å²) in [4.78, 5) is 42.6. The zero-order valence-electron chi connectivity index (χ0n) is 24.2. The van der Waals surface area contributed by atoms with E-state index in [9.17, 15) is 27.6 Å². The van der Waals surface area contributed by atoms with Crippen molar-refractivity contribution >= 4 is 40.7 Å². The third-order valence-corrected chi connectivity index (χ3v) is 7.99. The van der Waals surface area contributed by atoms with E-state index in [-0.39, 0.29) is 42.8 Å². The number of amides is 3. The van der Waals surface area contributed by atoms with Gasteiger partial charge < -0.3 is 25.8 Å². The fourth-order valence-corrected chi connectivity index (χ4v) is 5.60. The van der Waals surface area contributed by atoms with E-state index in [4.69, 9.17) is 11.6 Å². The molecule has 3 N–H and O–H groups in total. The van der Waals surface area contributed by atoms with Gasteiger partial charge in [0.1, 0.15) is 6.04 Å². The summed E-state index contributed by atoms with van der Waals surface area (Å²) in [5.41, 5.74) is 0.00534. The van der Waals surface area contributed by atoms with Gasteiger partial charge in [-0.2, -0.15) is 13.2 Å². The molecule has 2 aromatic carbocycles. The van der Waals surface area contributed by atoms with Gasteiger partial charge in [-0.15, -0.1) is 0 Å². The van der Waals surface area contributed by atoms with Crippen LogP contribution in [0.3, 0.4) is 0 Å². The van der Waals surface area contributed by atoms with Crippen LogP contribution in [-0.4, -0.2) is 91.6 Å². The van der Waals surface area contributed by atoms with Gasteiger partial charge in [-0.1, -0.05) is 17.7 Å². The van der Waals surface area contributed by atoms with Crippen LogP contribution in [-0.2, 0) is 16.1 Å². The third-order valence-electron chi connectivity index (χ3n) is 7.75. The van der Waals surface area contributed by atoms with Crippen molar-refractivity contribution in [2.24, 2.45) is 0 Å². The molecule has 2 atom stereocenters. The Morgan fingerprint density at radius 2 is 1.82 bits per heavy atom. The van der Waals surface area contributed by atoms with Crippen molar-refractivity contribution in [2.45, 2.75) is 45.1 Å². The molecule has 0 bridgehead atoms. The highest BCUT2D eigenvalue weighted by atomic mass is 35.5. The van der Waals surface area contributed by atoms with Gasteiger partial charge in [0.25, 0.3) is 5.91 Å². The normalized spacial score (nSPS) is 19.5. The van der Waals surface area contributed by atoms with Crippen molar-refractivity contribution in [1.29, 1.82) is 0 Å². The zero-order valence-corrected chi connectivity index (χ0v) is 25.0. The Balaban J connectivity index is 1.44. The van der Waals surface area contributed by atoms with Crippen molar-refractivity contribution in [3.05, 3.63) is 58.1 Å². The standard InChI is InChI=1S/C29H34ClF5N6O3/c1-17-16-39(9-7-29(33,34)35)11-12-40(17)23-13-20(30)4-6-22(23)38-27(43)21-5-3-19(25(31)26(21)32)14-37-28(44)24-15-36-8-10-41(24)18(2)42/h3-6,13,17,24,36H,7-12,14-16H2,1-2H3,(H,37,44)(H,38,43)/t17-,24-/m1/s1. The molecule has 44 heavy (non-hydrogen) atoms. The number of alkyl halides is 3. The van der Waals surface area contributed by atoms with E-state index in [1.54, 1.807) is 11.0 Å². The average molecular weight is 645 g/mol. The van der Waals surface area contributed by atoms with Crippen LogP contribution in [0.15, 0.2) is 30.3 Å². The maximum Gasteiger partial charge on any atom is 0.390 e. The minimum absolute atomic E-state index is 0.125. The second-order valence-electron chi connectivity index (χ2n) is 10.9. The number of hydrogen-bond acceptors (Lipinski definition) is 6. The van der Waals surface area contributed by atoms with Gasteiger partial charge in [0.05, 0.1) is 23.4 Å². The molecule has 3 amide bonds. The Bertz CT molecular complexity index is 1390. The molecule has 0 saturated carbocycles. The minimum atomic E-state index is -4.25. The first-order valence-electron chi connectivity index (χ1n) is 14.1.